The average molecular weight is 330 g/mol. The molecule has 1 aromatic carbocycles. The van der Waals surface area contributed by atoms with Crippen LogP contribution in [0.2, 0.25) is 0 Å². The molecule has 0 bridgehead atoms. The van der Waals surface area contributed by atoms with Crippen LogP contribution in [0.25, 0.3) is 0 Å². The van der Waals surface area contributed by atoms with Crippen LogP contribution >= 0.6 is 11.3 Å². The topological polar surface area (TPSA) is 81.9 Å². The molecule has 3 N–H and O–H groups in total. The maximum absolute atomic E-state index is 12.2. The molecule has 1 amide bonds. The number of aryl methyl sites for hydroxylation is 1. The van der Waals surface area contributed by atoms with Crippen LogP contribution in [0.15, 0.2) is 29.4 Å². The zero-order valence-electron chi connectivity index (χ0n) is 12.7. The number of hydrogen-bond donors (Lipinski definition) is 3. The SMILES string of the molecule is C[C@@H]1CCc2sc(C(=O)N/N=C/c3cccc(O)c3O)cc2C1. The molecule has 5 nitrogen and oxygen atoms in total. The second-order valence-electron chi connectivity index (χ2n) is 5.82. The highest BCUT2D eigenvalue weighted by molar-refractivity contribution is 7.14. The Bertz CT molecular complexity index is 767. The number of para-hydroxylation sites is 1. The van der Waals surface area contributed by atoms with E-state index in [0.29, 0.717) is 16.4 Å². The highest BCUT2D eigenvalue weighted by atomic mass is 32.1. The molecule has 1 atom stereocenters. The molecule has 1 aliphatic carbocycles. The number of nitrogens with one attached hydrogen (secondary N) is 1. The second-order valence-corrected chi connectivity index (χ2v) is 6.96. The third-order valence-electron chi connectivity index (χ3n) is 3.97. The Labute approximate surface area is 138 Å². The van der Waals surface area contributed by atoms with Crippen molar-refractivity contribution in [3.63, 3.8) is 0 Å². The number of phenols is 2. The number of thiophene rings is 1. The van der Waals surface area contributed by atoms with Crippen molar-refractivity contribution in [3.05, 3.63) is 45.1 Å². The summed E-state index contributed by atoms with van der Waals surface area (Å²) in [5, 5.41) is 22.9. The highest BCUT2D eigenvalue weighted by Crippen LogP contribution is 2.32. The van der Waals surface area contributed by atoms with Crippen molar-refractivity contribution >= 4 is 23.5 Å². The number of hydrazone groups is 1. The van der Waals surface area contributed by atoms with E-state index >= 15 is 0 Å². The lowest BCUT2D eigenvalue weighted by molar-refractivity contribution is 0.0959. The quantitative estimate of drug-likeness (QED) is 0.459. The summed E-state index contributed by atoms with van der Waals surface area (Å²) in [6.45, 7) is 2.23. The fraction of sp³-hybridized carbons (Fsp3) is 0.294. The minimum Gasteiger partial charge on any atom is -0.504 e. The number of carbonyl (C=O) groups is 1. The molecule has 0 unspecified atom stereocenters. The van der Waals surface area contributed by atoms with Gasteiger partial charge in [0, 0.05) is 10.4 Å². The molecule has 0 radical (unpaired) electrons. The van der Waals surface area contributed by atoms with Crippen molar-refractivity contribution in [1.82, 2.24) is 5.43 Å². The van der Waals surface area contributed by atoms with Crippen LogP contribution in [-0.2, 0) is 12.8 Å². The van der Waals surface area contributed by atoms with E-state index in [9.17, 15) is 15.0 Å². The van der Waals surface area contributed by atoms with Gasteiger partial charge in [-0.1, -0.05) is 13.0 Å². The van der Waals surface area contributed by atoms with E-state index in [0.717, 1.165) is 12.8 Å². The molecule has 1 aromatic heterocycles. The van der Waals surface area contributed by atoms with E-state index in [-0.39, 0.29) is 17.4 Å². The Kier molecular flexibility index (Phi) is 4.34. The fourth-order valence-corrected chi connectivity index (χ4v) is 3.78. The first-order valence-electron chi connectivity index (χ1n) is 7.50. The van der Waals surface area contributed by atoms with Gasteiger partial charge in [-0.3, -0.25) is 4.79 Å². The lowest BCUT2D eigenvalue weighted by atomic mass is 9.90. The van der Waals surface area contributed by atoms with Crippen LogP contribution in [0.3, 0.4) is 0 Å². The van der Waals surface area contributed by atoms with Gasteiger partial charge in [-0.05, 0) is 48.9 Å². The van der Waals surface area contributed by atoms with Crippen molar-refractivity contribution < 1.29 is 15.0 Å². The van der Waals surface area contributed by atoms with Gasteiger partial charge in [-0.2, -0.15) is 5.10 Å². The molecule has 0 spiro atoms. The second kappa shape index (κ2) is 6.42. The minimum atomic E-state index is -0.258. The van der Waals surface area contributed by atoms with Gasteiger partial charge in [0.15, 0.2) is 11.5 Å². The van der Waals surface area contributed by atoms with Gasteiger partial charge >= 0.3 is 0 Å². The van der Waals surface area contributed by atoms with Gasteiger partial charge in [0.2, 0.25) is 0 Å². The lowest BCUT2D eigenvalue weighted by Gasteiger charge is -2.16. The van der Waals surface area contributed by atoms with Crippen LogP contribution in [0, 0.1) is 5.92 Å². The van der Waals surface area contributed by atoms with Gasteiger partial charge in [0.25, 0.3) is 5.91 Å². The molecule has 1 aliphatic rings. The van der Waals surface area contributed by atoms with Gasteiger partial charge < -0.3 is 10.2 Å². The van der Waals surface area contributed by atoms with Gasteiger partial charge in [-0.15, -0.1) is 11.3 Å². The fourth-order valence-electron chi connectivity index (χ4n) is 2.69. The first-order valence-corrected chi connectivity index (χ1v) is 8.32. The summed E-state index contributed by atoms with van der Waals surface area (Å²) < 4.78 is 0. The van der Waals surface area contributed by atoms with Crippen molar-refractivity contribution in [2.75, 3.05) is 0 Å². The third kappa shape index (κ3) is 3.37. The molecule has 0 saturated heterocycles. The summed E-state index contributed by atoms with van der Waals surface area (Å²) in [5.41, 5.74) is 4.07. The van der Waals surface area contributed by atoms with Crippen LogP contribution < -0.4 is 5.43 Å². The van der Waals surface area contributed by atoms with Crippen LogP contribution in [0.4, 0.5) is 0 Å². The minimum absolute atomic E-state index is 0.222. The Morgan fingerprint density at radius 3 is 3.09 bits per heavy atom. The summed E-state index contributed by atoms with van der Waals surface area (Å²) in [7, 11) is 0. The number of phenolic OH excluding ortho intramolecular Hbond substituents is 2. The Morgan fingerprint density at radius 2 is 2.26 bits per heavy atom. The van der Waals surface area contributed by atoms with E-state index in [1.54, 1.807) is 12.1 Å². The largest absolute Gasteiger partial charge is 0.504 e. The van der Waals surface area contributed by atoms with E-state index < -0.39 is 0 Å². The van der Waals surface area contributed by atoms with E-state index in [1.807, 2.05) is 6.07 Å². The number of benzene rings is 1. The van der Waals surface area contributed by atoms with E-state index in [1.165, 1.54) is 40.5 Å². The monoisotopic (exact) mass is 330 g/mol. The predicted octanol–water partition coefficient (Wildman–Crippen LogP) is 3.05. The van der Waals surface area contributed by atoms with Crippen molar-refractivity contribution in [2.24, 2.45) is 11.0 Å². The molecule has 23 heavy (non-hydrogen) atoms. The first-order chi connectivity index (χ1) is 11.0. The molecular weight excluding hydrogens is 312 g/mol. The molecule has 2 aromatic rings. The number of nitrogens with zero attached hydrogens (tertiary/aromatic N) is 1. The normalized spacial score (nSPS) is 17.2. The molecule has 6 heteroatoms. The summed E-state index contributed by atoms with van der Waals surface area (Å²) in [5.74, 6) is -0.0703. The molecule has 3 rings (SSSR count). The Balaban J connectivity index is 1.68. The van der Waals surface area contributed by atoms with Crippen LogP contribution in [-0.4, -0.2) is 22.3 Å². The van der Waals surface area contributed by atoms with Gasteiger partial charge in [0.05, 0.1) is 11.1 Å². The number of aromatic hydroxyl groups is 2. The molecule has 1 heterocycles. The van der Waals surface area contributed by atoms with Crippen molar-refractivity contribution in [1.29, 1.82) is 0 Å². The van der Waals surface area contributed by atoms with E-state index in [2.05, 4.69) is 17.5 Å². The van der Waals surface area contributed by atoms with Crippen molar-refractivity contribution in [2.45, 2.75) is 26.2 Å². The number of carbonyl (C=O) groups excluding carboxylic acids is 1. The molecular formula is C17H18N2O3S. The molecule has 0 fully saturated rings. The maximum atomic E-state index is 12.2. The van der Waals surface area contributed by atoms with Gasteiger partial charge in [-0.25, -0.2) is 5.43 Å². The third-order valence-corrected chi connectivity index (χ3v) is 5.20. The molecule has 0 saturated carbocycles. The predicted molar refractivity (Wildman–Crippen MR) is 90.3 cm³/mol. The smallest absolute Gasteiger partial charge is 0.281 e. The van der Waals surface area contributed by atoms with Crippen molar-refractivity contribution in [3.8, 4) is 11.5 Å². The summed E-state index contributed by atoms with van der Waals surface area (Å²) in [6, 6.07) is 6.51. The maximum Gasteiger partial charge on any atom is 0.281 e. The Hall–Kier alpha value is -2.34. The van der Waals surface area contributed by atoms with Crippen LogP contribution in [0.5, 0.6) is 11.5 Å². The Morgan fingerprint density at radius 1 is 1.43 bits per heavy atom. The lowest BCUT2D eigenvalue weighted by Crippen LogP contribution is -2.16. The number of amides is 1. The highest BCUT2D eigenvalue weighted by Gasteiger charge is 2.20. The number of hydrogen-bond acceptors (Lipinski definition) is 5. The number of fused-ring (bicyclic) bond motifs is 1. The zero-order chi connectivity index (χ0) is 16.4. The summed E-state index contributed by atoms with van der Waals surface area (Å²) in [6.07, 6.45) is 4.54. The van der Waals surface area contributed by atoms with Gasteiger partial charge in [0.1, 0.15) is 0 Å². The summed E-state index contributed by atoms with van der Waals surface area (Å²) >= 11 is 1.52. The number of rotatable bonds is 3. The van der Waals surface area contributed by atoms with Crippen LogP contribution in [0.1, 0.15) is 39.0 Å². The van der Waals surface area contributed by atoms with E-state index in [4.69, 9.17) is 0 Å². The zero-order valence-corrected chi connectivity index (χ0v) is 13.6. The first kappa shape index (κ1) is 15.6. The summed E-state index contributed by atoms with van der Waals surface area (Å²) in [4.78, 5) is 14.1. The average Bonchev–Trinajstić information content (AvgIpc) is 2.94. The molecule has 120 valence electrons. The standard InChI is InChI=1S/C17H18N2O3S/c1-10-5-6-14-12(7-10)8-15(23-14)17(22)19-18-9-11-3-2-4-13(20)16(11)21/h2-4,8-10,20-21H,5-7H2,1H3,(H,19,22)/b18-9+/t10-/m1/s1. The molecule has 0 aliphatic heterocycles.